The van der Waals surface area contributed by atoms with Crippen LogP contribution in [-0.2, 0) is 6.54 Å². The highest BCUT2D eigenvalue weighted by atomic mass is 19.1. The van der Waals surface area contributed by atoms with E-state index in [0.717, 1.165) is 30.5 Å². The van der Waals surface area contributed by atoms with E-state index in [0.29, 0.717) is 31.7 Å². The topological polar surface area (TPSA) is 52.7 Å². The molecule has 1 N–H and O–H groups in total. The van der Waals surface area contributed by atoms with Gasteiger partial charge in [0, 0.05) is 37.4 Å². The van der Waals surface area contributed by atoms with Crippen LogP contribution in [0.3, 0.4) is 0 Å². The molecule has 3 amide bonds. The number of urea groups is 1. The summed E-state index contributed by atoms with van der Waals surface area (Å²) in [5.74, 6) is -0.341. The highest BCUT2D eigenvalue weighted by Crippen LogP contribution is 2.19. The number of unbranched alkanes of at least 4 members (excludes halogenated alkanes) is 2. The zero-order chi connectivity index (χ0) is 19.9. The molecule has 0 radical (unpaired) electrons. The van der Waals surface area contributed by atoms with Gasteiger partial charge in [-0.15, -0.1) is 0 Å². The highest BCUT2D eigenvalue weighted by molar-refractivity contribution is 5.97. The number of rotatable bonds is 8. The molecule has 6 heteroatoms. The molecule has 0 bridgehead atoms. The lowest BCUT2D eigenvalue weighted by molar-refractivity contribution is 0.0740. The lowest BCUT2D eigenvalue weighted by Gasteiger charge is -2.23. The molecule has 0 atom stereocenters. The molecule has 3 rings (SSSR count). The van der Waals surface area contributed by atoms with Gasteiger partial charge in [-0.2, -0.15) is 0 Å². The largest absolute Gasteiger partial charge is 0.336 e. The fourth-order valence-corrected chi connectivity index (χ4v) is 3.30. The second kappa shape index (κ2) is 9.35. The predicted octanol–water partition coefficient (Wildman–Crippen LogP) is 4.19. The van der Waals surface area contributed by atoms with Crippen LogP contribution < -0.4 is 10.2 Å². The number of nitrogens with one attached hydrogen (secondary N) is 1. The van der Waals surface area contributed by atoms with Crippen LogP contribution in [-0.4, -0.2) is 36.5 Å². The minimum Gasteiger partial charge on any atom is -0.336 e. The fraction of sp³-hybridized carbons (Fsp3) is 0.364. The SMILES string of the molecule is CCCCCN(Cc1ccc(F)cc1)C(=O)c1ccc(N2CCNC2=O)cc1. The Labute approximate surface area is 165 Å². The Kier molecular flexibility index (Phi) is 6.63. The van der Waals surface area contributed by atoms with Gasteiger partial charge in [-0.25, -0.2) is 9.18 Å². The summed E-state index contributed by atoms with van der Waals surface area (Å²) in [4.78, 5) is 28.3. The number of amides is 3. The molecule has 1 fully saturated rings. The third kappa shape index (κ3) is 4.88. The van der Waals surface area contributed by atoms with Crippen molar-refractivity contribution in [2.24, 2.45) is 0 Å². The summed E-state index contributed by atoms with van der Waals surface area (Å²) >= 11 is 0. The van der Waals surface area contributed by atoms with E-state index in [1.54, 1.807) is 46.2 Å². The van der Waals surface area contributed by atoms with E-state index < -0.39 is 0 Å². The summed E-state index contributed by atoms with van der Waals surface area (Å²) in [6, 6.07) is 13.3. The van der Waals surface area contributed by atoms with Gasteiger partial charge in [0.1, 0.15) is 5.82 Å². The van der Waals surface area contributed by atoms with E-state index in [2.05, 4.69) is 12.2 Å². The minimum atomic E-state index is -0.283. The Morgan fingerprint density at radius 1 is 1.11 bits per heavy atom. The third-order valence-corrected chi connectivity index (χ3v) is 4.89. The summed E-state index contributed by atoms with van der Waals surface area (Å²) in [6.45, 7) is 4.47. The maximum absolute atomic E-state index is 13.2. The second-order valence-electron chi connectivity index (χ2n) is 6.99. The molecule has 0 saturated carbocycles. The summed E-state index contributed by atoms with van der Waals surface area (Å²) in [6.07, 6.45) is 3.05. The molecule has 1 aliphatic rings. The molecule has 148 valence electrons. The number of benzene rings is 2. The van der Waals surface area contributed by atoms with Gasteiger partial charge >= 0.3 is 6.03 Å². The lowest BCUT2D eigenvalue weighted by atomic mass is 10.1. The van der Waals surface area contributed by atoms with Gasteiger partial charge < -0.3 is 10.2 Å². The highest BCUT2D eigenvalue weighted by Gasteiger charge is 2.22. The Morgan fingerprint density at radius 3 is 2.43 bits per heavy atom. The number of halogens is 1. The first-order chi connectivity index (χ1) is 13.6. The van der Waals surface area contributed by atoms with Crippen LogP contribution >= 0.6 is 0 Å². The number of nitrogens with zero attached hydrogens (tertiary/aromatic N) is 2. The Balaban J connectivity index is 1.73. The average molecular weight is 383 g/mol. The van der Waals surface area contributed by atoms with Crippen molar-refractivity contribution in [3.63, 3.8) is 0 Å². The monoisotopic (exact) mass is 383 g/mol. The fourth-order valence-electron chi connectivity index (χ4n) is 3.30. The van der Waals surface area contributed by atoms with Gasteiger partial charge in [-0.05, 0) is 48.4 Å². The van der Waals surface area contributed by atoms with Crippen molar-refractivity contribution < 1.29 is 14.0 Å². The van der Waals surface area contributed by atoms with Crippen LogP contribution in [0.25, 0.3) is 0 Å². The first-order valence-electron chi connectivity index (χ1n) is 9.77. The molecule has 0 aromatic heterocycles. The van der Waals surface area contributed by atoms with Crippen LogP contribution in [0.2, 0.25) is 0 Å². The van der Waals surface area contributed by atoms with E-state index in [9.17, 15) is 14.0 Å². The average Bonchev–Trinajstić information content (AvgIpc) is 3.14. The molecule has 1 heterocycles. The van der Waals surface area contributed by atoms with Crippen LogP contribution in [0, 0.1) is 5.82 Å². The first kappa shape index (κ1) is 19.9. The molecule has 1 saturated heterocycles. The van der Waals surface area contributed by atoms with Crippen LogP contribution in [0.4, 0.5) is 14.9 Å². The third-order valence-electron chi connectivity index (χ3n) is 4.89. The van der Waals surface area contributed by atoms with Gasteiger partial charge in [-0.1, -0.05) is 31.9 Å². The summed E-state index contributed by atoms with van der Waals surface area (Å²) in [5.41, 5.74) is 2.26. The van der Waals surface area contributed by atoms with E-state index in [1.165, 1.54) is 12.1 Å². The lowest BCUT2D eigenvalue weighted by Crippen LogP contribution is -2.32. The van der Waals surface area contributed by atoms with Gasteiger partial charge in [0.25, 0.3) is 5.91 Å². The molecule has 0 spiro atoms. The van der Waals surface area contributed by atoms with E-state index in [4.69, 9.17) is 0 Å². The normalized spacial score (nSPS) is 13.5. The summed E-state index contributed by atoms with van der Waals surface area (Å²) < 4.78 is 13.2. The van der Waals surface area contributed by atoms with Crippen LogP contribution in [0.15, 0.2) is 48.5 Å². The van der Waals surface area contributed by atoms with Crippen molar-refractivity contribution in [2.75, 3.05) is 24.5 Å². The molecule has 0 aliphatic carbocycles. The van der Waals surface area contributed by atoms with Gasteiger partial charge in [0.15, 0.2) is 0 Å². The van der Waals surface area contributed by atoms with Gasteiger partial charge in [0.2, 0.25) is 0 Å². The van der Waals surface area contributed by atoms with Crippen molar-refractivity contribution in [3.8, 4) is 0 Å². The molecule has 1 aliphatic heterocycles. The van der Waals surface area contributed by atoms with Crippen LogP contribution in [0.5, 0.6) is 0 Å². The van der Waals surface area contributed by atoms with E-state index >= 15 is 0 Å². The smallest absolute Gasteiger partial charge is 0.321 e. The van der Waals surface area contributed by atoms with Gasteiger partial charge in [-0.3, -0.25) is 9.69 Å². The van der Waals surface area contributed by atoms with Crippen LogP contribution in [0.1, 0.15) is 42.1 Å². The maximum atomic E-state index is 13.2. The number of anilines is 1. The quantitative estimate of drug-likeness (QED) is 0.695. The maximum Gasteiger partial charge on any atom is 0.321 e. The van der Waals surface area contributed by atoms with Gasteiger partial charge in [0.05, 0.1) is 0 Å². The number of carbonyl (C=O) groups excluding carboxylic acids is 2. The molecule has 5 nitrogen and oxygen atoms in total. The Morgan fingerprint density at radius 2 is 1.82 bits per heavy atom. The van der Waals surface area contributed by atoms with Crippen molar-refractivity contribution >= 4 is 17.6 Å². The molecule has 2 aromatic rings. The standard InChI is InChI=1S/C22H26FN3O2/c1-2-3-4-14-25(16-17-5-9-19(23)10-6-17)21(27)18-7-11-20(12-8-18)26-15-13-24-22(26)28/h5-12H,2-4,13-16H2,1H3,(H,24,28). The number of hydrogen-bond donors (Lipinski definition) is 1. The zero-order valence-electron chi connectivity index (χ0n) is 16.2. The Hall–Kier alpha value is -2.89. The molecule has 2 aromatic carbocycles. The van der Waals surface area contributed by atoms with Crippen molar-refractivity contribution in [1.29, 1.82) is 0 Å². The van der Waals surface area contributed by atoms with E-state index in [-0.39, 0.29) is 17.8 Å². The zero-order valence-corrected chi connectivity index (χ0v) is 16.2. The number of hydrogen-bond acceptors (Lipinski definition) is 2. The Bertz CT molecular complexity index is 806. The molecular formula is C22H26FN3O2. The molecule has 0 unspecified atom stereocenters. The predicted molar refractivity (Wildman–Crippen MR) is 108 cm³/mol. The number of carbonyl (C=O) groups is 2. The van der Waals surface area contributed by atoms with Crippen molar-refractivity contribution in [2.45, 2.75) is 32.7 Å². The minimum absolute atomic E-state index is 0.0575. The van der Waals surface area contributed by atoms with E-state index in [1.807, 2.05) is 0 Å². The second-order valence-corrected chi connectivity index (χ2v) is 6.99. The molecule has 28 heavy (non-hydrogen) atoms. The van der Waals surface area contributed by atoms with Crippen molar-refractivity contribution in [3.05, 3.63) is 65.5 Å². The summed E-state index contributed by atoms with van der Waals surface area (Å²) in [7, 11) is 0. The summed E-state index contributed by atoms with van der Waals surface area (Å²) in [5, 5.41) is 2.77. The molecular weight excluding hydrogens is 357 g/mol. The van der Waals surface area contributed by atoms with Crippen molar-refractivity contribution in [1.82, 2.24) is 10.2 Å². The first-order valence-corrected chi connectivity index (χ1v) is 9.77.